The molecule has 0 unspecified atom stereocenters. The Bertz CT molecular complexity index is 429. The van der Waals surface area contributed by atoms with Gasteiger partial charge >= 0.3 is 0 Å². The smallest absolute Gasteiger partial charge is 0.0606 e. The van der Waals surface area contributed by atoms with Gasteiger partial charge in [0.1, 0.15) is 0 Å². The van der Waals surface area contributed by atoms with Gasteiger partial charge < -0.3 is 15.3 Å². The van der Waals surface area contributed by atoms with Gasteiger partial charge in [0.05, 0.1) is 6.61 Å². The summed E-state index contributed by atoms with van der Waals surface area (Å²) in [6, 6.07) is 6.40. The lowest BCUT2D eigenvalue weighted by Gasteiger charge is -2.28. The zero-order valence-electron chi connectivity index (χ0n) is 13.7. The van der Waals surface area contributed by atoms with Gasteiger partial charge in [-0.3, -0.25) is 0 Å². The molecule has 1 aromatic rings. The van der Waals surface area contributed by atoms with E-state index in [0.717, 1.165) is 30.4 Å². The highest BCUT2D eigenvalue weighted by Crippen LogP contribution is 2.26. The van der Waals surface area contributed by atoms with Crippen molar-refractivity contribution in [3.8, 4) is 0 Å². The molecule has 0 fully saturated rings. The highest BCUT2D eigenvalue weighted by molar-refractivity contribution is 9.10. The van der Waals surface area contributed by atoms with Crippen LogP contribution >= 0.6 is 15.9 Å². The molecular weight excluding hydrogens is 328 g/mol. The standard InChI is InChI=1S/C17H29BrN2O/c1-5-6-9-20(10-11-21)16-12-15(18)8-7-14(16)13-19-17(2,3)4/h7-8,12,19,21H,5-6,9-11,13H2,1-4H3. The van der Waals surface area contributed by atoms with Gasteiger partial charge in [-0.2, -0.15) is 0 Å². The maximum atomic E-state index is 9.35. The van der Waals surface area contributed by atoms with Crippen molar-refractivity contribution in [2.45, 2.75) is 52.6 Å². The molecule has 0 saturated heterocycles. The SMILES string of the molecule is CCCCN(CCO)c1cc(Br)ccc1CNC(C)(C)C. The van der Waals surface area contributed by atoms with Crippen LogP contribution in [0.1, 0.15) is 46.1 Å². The van der Waals surface area contributed by atoms with Crippen molar-refractivity contribution in [1.29, 1.82) is 0 Å². The molecule has 0 spiro atoms. The Balaban J connectivity index is 2.96. The van der Waals surface area contributed by atoms with E-state index >= 15 is 0 Å². The zero-order chi connectivity index (χ0) is 15.9. The third kappa shape index (κ3) is 6.81. The number of aliphatic hydroxyl groups excluding tert-OH is 1. The lowest BCUT2D eigenvalue weighted by atomic mass is 10.1. The van der Waals surface area contributed by atoms with Gasteiger partial charge in [-0.25, -0.2) is 0 Å². The van der Waals surface area contributed by atoms with Crippen molar-refractivity contribution in [3.63, 3.8) is 0 Å². The summed E-state index contributed by atoms with van der Waals surface area (Å²) >= 11 is 3.56. The van der Waals surface area contributed by atoms with Gasteiger partial charge in [0.15, 0.2) is 0 Å². The Kier molecular flexibility index (Phi) is 7.71. The summed E-state index contributed by atoms with van der Waals surface area (Å²) in [5.74, 6) is 0. The lowest BCUT2D eigenvalue weighted by Crippen LogP contribution is -2.36. The van der Waals surface area contributed by atoms with Crippen molar-refractivity contribution in [2.75, 3.05) is 24.6 Å². The number of unbranched alkanes of at least 4 members (excludes halogenated alkanes) is 1. The third-order valence-corrected chi connectivity index (χ3v) is 3.84. The number of anilines is 1. The van der Waals surface area contributed by atoms with E-state index in [9.17, 15) is 5.11 Å². The molecule has 2 N–H and O–H groups in total. The molecule has 3 nitrogen and oxygen atoms in total. The largest absolute Gasteiger partial charge is 0.395 e. The molecule has 0 bridgehead atoms. The van der Waals surface area contributed by atoms with Gasteiger partial charge in [0, 0.05) is 35.3 Å². The molecule has 0 aliphatic heterocycles. The summed E-state index contributed by atoms with van der Waals surface area (Å²) < 4.78 is 1.08. The number of aliphatic hydroxyl groups is 1. The average Bonchev–Trinajstić information content (AvgIpc) is 2.41. The zero-order valence-corrected chi connectivity index (χ0v) is 15.3. The maximum Gasteiger partial charge on any atom is 0.0606 e. The Labute approximate surface area is 137 Å². The number of rotatable bonds is 8. The Morgan fingerprint density at radius 1 is 1.24 bits per heavy atom. The van der Waals surface area contributed by atoms with Crippen LogP contribution in [0.2, 0.25) is 0 Å². The first kappa shape index (κ1) is 18.5. The molecule has 0 amide bonds. The molecule has 0 heterocycles. The summed E-state index contributed by atoms with van der Waals surface area (Å²) in [7, 11) is 0. The topological polar surface area (TPSA) is 35.5 Å². The van der Waals surface area contributed by atoms with Crippen LogP contribution in [0.5, 0.6) is 0 Å². The number of hydrogen-bond acceptors (Lipinski definition) is 3. The van der Waals surface area contributed by atoms with Crippen molar-refractivity contribution in [2.24, 2.45) is 0 Å². The monoisotopic (exact) mass is 356 g/mol. The molecule has 0 radical (unpaired) electrons. The molecule has 0 saturated carbocycles. The molecule has 1 rings (SSSR count). The summed E-state index contributed by atoms with van der Waals surface area (Å²) in [4.78, 5) is 2.29. The number of halogens is 1. The second-order valence-electron chi connectivity index (χ2n) is 6.44. The van der Waals surface area contributed by atoms with Crippen LogP contribution < -0.4 is 10.2 Å². The van der Waals surface area contributed by atoms with E-state index in [2.05, 4.69) is 72.0 Å². The Hall–Kier alpha value is -0.580. The summed E-state index contributed by atoms with van der Waals surface area (Å²) in [5, 5.41) is 12.9. The van der Waals surface area contributed by atoms with Crippen LogP contribution in [0.4, 0.5) is 5.69 Å². The Morgan fingerprint density at radius 2 is 1.95 bits per heavy atom. The van der Waals surface area contributed by atoms with Crippen LogP contribution in [0.25, 0.3) is 0 Å². The molecule has 0 aromatic heterocycles. The minimum atomic E-state index is 0.0928. The third-order valence-electron chi connectivity index (χ3n) is 3.35. The fourth-order valence-electron chi connectivity index (χ4n) is 2.16. The first-order valence-corrected chi connectivity index (χ1v) is 8.56. The van der Waals surface area contributed by atoms with Crippen LogP contribution in [0.15, 0.2) is 22.7 Å². The van der Waals surface area contributed by atoms with Crippen LogP contribution in [-0.4, -0.2) is 30.3 Å². The van der Waals surface area contributed by atoms with Crippen molar-refractivity contribution in [1.82, 2.24) is 5.32 Å². The van der Waals surface area contributed by atoms with Gasteiger partial charge in [-0.05, 0) is 44.9 Å². The molecule has 0 aliphatic carbocycles. The van der Waals surface area contributed by atoms with Crippen molar-refractivity contribution < 1.29 is 5.11 Å². The van der Waals surface area contributed by atoms with Crippen molar-refractivity contribution in [3.05, 3.63) is 28.2 Å². The maximum absolute atomic E-state index is 9.35. The number of benzene rings is 1. The molecule has 1 aromatic carbocycles. The predicted octanol–water partition coefficient (Wildman–Crippen LogP) is 3.94. The number of hydrogen-bond donors (Lipinski definition) is 2. The summed E-state index contributed by atoms with van der Waals surface area (Å²) in [6.07, 6.45) is 2.30. The minimum Gasteiger partial charge on any atom is -0.395 e. The minimum absolute atomic E-state index is 0.0928. The van der Waals surface area contributed by atoms with Crippen LogP contribution in [0.3, 0.4) is 0 Å². The fraction of sp³-hybridized carbons (Fsp3) is 0.647. The van der Waals surface area contributed by atoms with E-state index in [4.69, 9.17) is 0 Å². The average molecular weight is 357 g/mol. The molecule has 0 atom stereocenters. The summed E-state index contributed by atoms with van der Waals surface area (Å²) in [5.41, 5.74) is 2.58. The molecule has 120 valence electrons. The van der Waals surface area contributed by atoms with Crippen LogP contribution in [-0.2, 0) is 6.54 Å². The first-order valence-electron chi connectivity index (χ1n) is 7.76. The van der Waals surface area contributed by atoms with Crippen molar-refractivity contribution >= 4 is 21.6 Å². The fourth-order valence-corrected chi connectivity index (χ4v) is 2.51. The van der Waals surface area contributed by atoms with E-state index in [1.807, 2.05) is 0 Å². The predicted molar refractivity (Wildman–Crippen MR) is 94.9 cm³/mol. The van der Waals surface area contributed by atoms with E-state index < -0.39 is 0 Å². The highest BCUT2D eigenvalue weighted by Gasteiger charge is 2.14. The molecular formula is C17H29BrN2O. The number of nitrogens with one attached hydrogen (secondary N) is 1. The van der Waals surface area contributed by atoms with Gasteiger partial charge in [-0.15, -0.1) is 0 Å². The van der Waals surface area contributed by atoms with E-state index in [1.165, 1.54) is 11.3 Å². The van der Waals surface area contributed by atoms with Gasteiger partial charge in [-0.1, -0.05) is 35.3 Å². The molecule has 4 heteroatoms. The molecule has 21 heavy (non-hydrogen) atoms. The van der Waals surface area contributed by atoms with Gasteiger partial charge in [0.25, 0.3) is 0 Å². The normalized spacial score (nSPS) is 11.7. The van der Waals surface area contributed by atoms with E-state index in [0.29, 0.717) is 6.54 Å². The summed E-state index contributed by atoms with van der Waals surface area (Å²) in [6.45, 7) is 11.4. The number of nitrogens with zero attached hydrogens (tertiary/aromatic N) is 1. The van der Waals surface area contributed by atoms with E-state index in [-0.39, 0.29) is 12.1 Å². The quantitative estimate of drug-likeness (QED) is 0.740. The Morgan fingerprint density at radius 3 is 2.52 bits per heavy atom. The molecule has 0 aliphatic rings. The van der Waals surface area contributed by atoms with Gasteiger partial charge in [0.2, 0.25) is 0 Å². The first-order chi connectivity index (χ1) is 9.87. The van der Waals surface area contributed by atoms with Crippen LogP contribution in [0, 0.1) is 0 Å². The second-order valence-corrected chi connectivity index (χ2v) is 7.36. The second kappa shape index (κ2) is 8.76. The lowest BCUT2D eigenvalue weighted by molar-refractivity contribution is 0.301. The van der Waals surface area contributed by atoms with E-state index in [1.54, 1.807) is 0 Å². The highest BCUT2D eigenvalue weighted by atomic mass is 79.9.